The number of alkyl halides is 3. The smallest absolute Gasteiger partial charge is 0.490 e. The van der Waals surface area contributed by atoms with Gasteiger partial charge in [0.25, 0.3) is 0 Å². The van der Waals surface area contributed by atoms with Crippen LogP contribution in [0.5, 0.6) is 5.75 Å². The number of aliphatic carboxylic acids is 1. The van der Waals surface area contributed by atoms with E-state index in [0.29, 0.717) is 42.5 Å². The van der Waals surface area contributed by atoms with Crippen molar-refractivity contribution in [3.8, 4) is 28.5 Å². The number of nitrogens with zero attached hydrogens (tertiary/aromatic N) is 7. The van der Waals surface area contributed by atoms with E-state index in [4.69, 9.17) is 35.0 Å². The summed E-state index contributed by atoms with van der Waals surface area (Å²) in [6, 6.07) is 9.94. The lowest BCUT2D eigenvalue weighted by Crippen LogP contribution is -2.21. The van der Waals surface area contributed by atoms with Gasteiger partial charge < -0.3 is 25.5 Å². The van der Waals surface area contributed by atoms with Crippen molar-refractivity contribution in [1.82, 2.24) is 40.1 Å². The van der Waals surface area contributed by atoms with Crippen LogP contribution in [0.25, 0.3) is 33.8 Å². The predicted octanol–water partition coefficient (Wildman–Crippen LogP) is 4.43. The first kappa shape index (κ1) is 31.8. The van der Waals surface area contributed by atoms with Crippen molar-refractivity contribution in [3.05, 3.63) is 60.3 Å². The fourth-order valence-corrected chi connectivity index (χ4v) is 4.13. The van der Waals surface area contributed by atoms with Crippen LogP contribution in [0.4, 0.5) is 19.0 Å². The first-order valence-electron chi connectivity index (χ1n) is 13.5. The molecule has 0 bridgehead atoms. The zero-order valence-corrected chi connectivity index (χ0v) is 23.9. The van der Waals surface area contributed by atoms with E-state index in [9.17, 15) is 13.2 Å². The summed E-state index contributed by atoms with van der Waals surface area (Å²) >= 11 is 0. The Labute approximate surface area is 249 Å². The highest BCUT2D eigenvalue weighted by Crippen LogP contribution is 2.36. The number of hydrogen-bond donors (Lipinski definition) is 3. The van der Waals surface area contributed by atoms with Gasteiger partial charge in [0.05, 0.1) is 29.9 Å². The summed E-state index contributed by atoms with van der Waals surface area (Å²) in [5.74, 6) is -1.35. The van der Waals surface area contributed by atoms with Crippen LogP contribution in [-0.2, 0) is 17.9 Å². The van der Waals surface area contributed by atoms with Gasteiger partial charge in [-0.25, -0.2) is 19.4 Å². The van der Waals surface area contributed by atoms with Crippen molar-refractivity contribution in [1.29, 1.82) is 0 Å². The van der Waals surface area contributed by atoms with E-state index in [1.165, 1.54) is 0 Å². The van der Waals surface area contributed by atoms with Gasteiger partial charge in [-0.2, -0.15) is 13.2 Å². The number of imidazole rings is 1. The molecule has 44 heavy (non-hydrogen) atoms. The molecule has 4 N–H and O–H groups in total. The van der Waals surface area contributed by atoms with Gasteiger partial charge in [-0.15, -0.1) is 0 Å². The number of rotatable bonds is 11. The van der Waals surface area contributed by atoms with Crippen molar-refractivity contribution in [2.45, 2.75) is 46.0 Å². The van der Waals surface area contributed by atoms with Gasteiger partial charge in [0, 0.05) is 31.0 Å². The lowest BCUT2D eigenvalue weighted by Gasteiger charge is -2.12. The van der Waals surface area contributed by atoms with Gasteiger partial charge in [-0.1, -0.05) is 30.3 Å². The molecule has 5 aromatic rings. The number of aryl methyl sites for hydroxylation is 2. The second-order valence-corrected chi connectivity index (χ2v) is 9.40. The highest BCUT2D eigenvalue weighted by Gasteiger charge is 2.38. The van der Waals surface area contributed by atoms with Gasteiger partial charge in [0.1, 0.15) is 11.0 Å². The van der Waals surface area contributed by atoms with Crippen LogP contribution in [0.15, 0.2) is 53.6 Å². The van der Waals surface area contributed by atoms with E-state index in [0.717, 1.165) is 47.5 Å². The number of nitrogens with one attached hydrogen (secondary N) is 1. The van der Waals surface area contributed by atoms with Crippen LogP contribution in [0.2, 0.25) is 0 Å². The molecule has 0 aliphatic carbocycles. The first-order chi connectivity index (χ1) is 21.1. The van der Waals surface area contributed by atoms with E-state index in [1.54, 1.807) is 18.6 Å². The Kier molecular flexibility index (Phi) is 10.4. The zero-order chi connectivity index (χ0) is 31.7. The van der Waals surface area contributed by atoms with Gasteiger partial charge >= 0.3 is 12.1 Å². The van der Waals surface area contributed by atoms with Crippen LogP contribution in [-0.4, -0.2) is 65.2 Å². The number of hydrogen-bond acceptors (Lipinski definition) is 11. The van der Waals surface area contributed by atoms with Crippen molar-refractivity contribution >= 4 is 22.8 Å². The molecule has 0 aliphatic rings. The maximum atomic E-state index is 10.6. The summed E-state index contributed by atoms with van der Waals surface area (Å²) in [4.78, 5) is 27.1. The number of carboxylic acid groups (broad SMARTS) is 1. The fraction of sp³-hybridized carbons (Fsp3) is 0.321. The van der Waals surface area contributed by atoms with Gasteiger partial charge in [0.15, 0.2) is 23.1 Å². The topological polar surface area (TPSA) is 180 Å². The Morgan fingerprint density at radius 2 is 1.82 bits per heavy atom. The van der Waals surface area contributed by atoms with Gasteiger partial charge in [0.2, 0.25) is 0 Å². The average Bonchev–Trinajstić information content (AvgIpc) is 3.61. The third kappa shape index (κ3) is 7.83. The molecule has 4 heterocycles. The third-order valence-corrected chi connectivity index (χ3v) is 6.21. The minimum atomic E-state index is -5.08. The molecule has 1 aromatic carbocycles. The summed E-state index contributed by atoms with van der Waals surface area (Å²) in [6.07, 6.45) is 2.10. The maximum absolute atomic E-state index is 10.6. The summed E-state index contributed by atoms with van der Waals surface area (Å²) in [5.41, 5.74) is 11.5. The largest absolute Gasteiger partial charge is 0.490 e. The normalized spacial score (nSPS) is 11.3. The molecule has 232 valence electrons. The summed E-state index contributed by atoms with van der Waals surface area (Å²) in [6.45, 7) is 6.68. The molecule has 0 saturated carbocycles. The molecule has 0 amide bonds. The van der Waals surface area contributed by atoms with E-state index < -0.39 is 12.1 Å². The molecule has 0 atom stereocenters. The van der Waals surface area contributed by atoms with Crippen molar-refractivity contribution in [2.24, 2.45) is 0 Å². The Morgan fingerprint density at radius 1 is 1.07 bits per heavy atom. The quantitative estimate of drug-likeness (QED) is 0.179. The van der Waals surface area contributed by atoms with Crippen molar-refractivity contribution < 1.29 is 32.4 Å². The van der Waals surface area contributed by atoms with Crippen molar-refractivity contribution in [3.63, 3.8) is 0 Å². The molecule has 0 spiro atoms. The lowest BCUT2D eigenvalue weighted by molar-refractivity contribution is -0.192. The molecule has 0 unspecified atom stereocenters. The molecular formula is C28H30F3N9O4. The van der Waals surface area contributed by atoms with Crippen LogP contribution < -0.4 is 15.8 Å². The number of nitrogens with two attached hydrogens (primary N) is 1. The molecule has 16 heteroatoms. The Balaban J connectivity index is 0.000000566. The molecular weight excluding hydrogens is 583 g/mol. The molecule has 4 aromatic heterocycles. The maximum Gasteiger partial charge on any atom is 0.490 e. The number of fused-ring (bicyclic) bond motifs is 1. The number of aromatic nitrogens is 7. The van der Waals surface area contributed by atoms with Crippen molar-refractivity contribution in [2.75, 3.05) is 18.9 Å². The monoisotopic (exact) mass is 613 g/mol. The van der Waals surface area contributed by atoms with Crippen LogP contribution in [0.3, 0.4) is 0 Å². The lowest BCUT2D eigenvalue weighted by atomic mass is 10.1. The molecule has 5 rings (SSSR count). The highest BCUT2D eigenvalue weighted by molar-refractivity contribution is 5.95. The second kappa shape index (κ2) is 14.4. The number of pyridine rings is 1. The second-order valence-electron chi connectivity index (χ2n) is 9.40. The minimum absolute atomic E-state index is 0.186. The number of ether oxygens (including phenoxy) is 1. The van der Waals surface area contributed by atoms with E-state index >= 15 is 0 Å². The zero-order valence-electron chi connectivity index (χ0n) is 23.9. The van der Waals surface area contributed by atoms with Crippen LogP contribution in [0.1, 0.15) is 31.2 Å². The predicted molar refractivity (Wildman–Crippen MR) is 153 cm³/mol. The number of nitrogen functional groups attached to an aromatic ring is 1. The summed E-state index contributed by atoms with van der Waals surface area (Å²) in [5, 5.41) is 18.2. The molecule has 13 nitrogen and oxygen atoms in total. The number of carboxylic acids is 1. The number of benzene rings is 1. The standard InChI is InChI=1S/C26H29N9O2.C2HF3O2/c1-3-35-24-20(36-12-8-7-11-28-14-19-15-29-17(2)13-30-19)16-31-21(18-9-5-4-6-10-18)22(24)32-26(35)23-25(27)34-37-33-23;3-2(4,5)1(6)7/h4-6,9-10,13,15-16,28H,3,7-8,11-12,14H2,1-2H3,(H2,27,34);(H,6,7). The third-order valence-electron chi connectivity index (χ3n) is 6.21. The Bertz CT molecular complexity index is 1670. The Hall–Kier alpha value is -5.12. The minimum Gasteiger partial charge on any atom is -0.490 e. The average molecular weight is 614 g/mol. The van der Waals surface area contributed by atoms with E-state index in [1.807, 2.05) is 48.7 Å². The number of anilines is 1. The SMILES string of the molecule is CCn1c(-c2nonc2N)nc2c(-c3ccccc3)ncc(OCCCCNCc3cnc(C)cn3)c21.O=C(O)C(F)(F)F. The van der Waals surface area contributed by atoms with E-state index in [-0.39, 0.29) is 5.82 Å². The molecule has 0 fully saturated rings. The fourth-order valence-electron chi connectivity index (χ4n) is 4.13. The molecule has 0 radical (unpaired) electrons. The summed E-state index contributed by atoms with van der Waals surface area (Å²) < 4.78 is 44.8. The summed E-state index contributed by atoms with van der Waals surface area (Å²) in [7, 11) is 0. The molecule has 0 aliphatic heterocycles. The van der Waals surface area contributed by atoms with Gasteiger partial charge in [-0.3, -0.25) is 9.97 Å². The Morgan fingerprint density at radius 3 is 2.43 bits per heavy atom. The van der Waals surface area contributed by atoms with E-state index in [2.05, 4.69) is 25.6 Å². The van der Waals surface area contributed by atoms with Crippen LogP contribution in [0, 0.1) is 6.92 Å². The number of halogens is 3. The molecule has 0 saturated heterocycles. The van der Waals surface area contributed by atoms with Crippen LogP contribution >= 0.6 is 0 Å². The van der Waals surface area contributed by atoms with Gasteiger partial charge in [-0.05, 0) is 43.5 Å². The number of unbranched alkanes of at least 4 members (excludes halogenated alkanes) is 1. The first-order valence-corrected chi connectivity index (χ1v) is 13.5. The highest BCUT2D eigenvalue weighted by atomic mass is 19.4. The number of carbonyl (C=O) groups is 1.